The Morgan fingerprint density at radius 2 is 1.95 bits per heavy atom. The summed E-state index contributed by atoms with van der Waals surface area (Å²) >= 11 is 0.713. The third-order valence-electron chi connectivity index (χ3n) is 2.67. The standard InChI is InChI=1S/C12H12F3N3S/c1-7-5-3-4-6-9(7)8(2)16-11-17-10(18-19-11)12(13,14)15/h3-6,8H,1-2H3,(H,16,17,18). The van der Waals surface area contributed by atoms with E-state index in [9.17, 15) is 13.2 Å². The van der Waals surface area contributed by atoms with Gasteiger partial charge in [-0.25, -0.2) is 0 Å². The van der Waals surface area contributed by atoms with Crippen LogP contribution in [0.3, 0.4) is 0 Å². The van der Waals surface area contributed by atoms with Gasteiger partial charge in [0.25, 0.3) is 0 Å². The predicted octanol–water partition coefficient (Wildman–Crippen LogP) is 4.04. The number of aryl methyl sites for hydroxylation is 1. The molecular weight excluding hydrogens is 275 g/mol. The Morgan fingerprint density at radius 3 is 2.53 bits per heavy atom. The van der Waals surface area contributed by atoms with E-state index in [1.54, 1.807) is 0 Å². The fraction of sp³-hybridized carbons (Fsp3) is 0.333. The maximum absolute atomic E-state index is 12.4. The summed E-state index contributed by atoms with van der Waals surface area (Å²) in [5, 5.41) is 3.11. The molecule has 19 heavy (non-hydrogen) atoms. The van der Waals surface area contributed by atoms with Crippen molar-refractivity contribution in [1.82, 2.24) is 9.36 Å². The molecular formula is C12H12F3N3S. The highest BCUT2D eigenvalue weighted by molar-refractivity contribution is 7.09. The molecule has 7 heteroatoms. The zero-order chi connectivity index (χ0) is 14.0. The van der Waals surface area contributed by atoms with E-state index in [0.717, 1.165) is 11.1 Å². The molecule has 1 aromatic heterocycles. The van der Waals surface area contributed by atoms with Crippen molar-refractivity contribution in [3.63, 3.8) is 0 Å². The van der Waals surface area contributed by atoms with Crippen LogP contribution in [-0.2, 0) is 6.18 Å². The molecule has 0 saturated carbocycles. The van der Waals surface area contributed by atoms with Gasteiger partial charge in [-0.2, -0.15) is 22.5 Å². The van der Waals surface area contributed by atoms with Gasteiger partial charge in [-0.3, -0.25) is 0 Å². The smallest absolute Gasteiger partial charge is 0.354 e. The Hall–Kier alpha value is -1.63. The van der Waals surface area contributed by atoms with Crippen molar-refractivity contribution in [2.75, 3.05) is 5.32 Å². The second-order valence-corrected chi connectivity index (χ2v) is 4.90. The minimum absolute atomic E-state index is 0.129. The van der Waals surface area contributed by atoms with Gasteiger partial charge in [0.05, 0.1) is 6.04 Å². The molecule has 1 atom stereocenters. The lowest BCUT2D eigenvalue weighted by molar-refractivity contribution is -0.144. The molecule has 2 aromatic rings. The number of benzene rings is 1. The minimum atomic E-state index is -4.50. The normalized spacial score (nSPS) is 13.3. The molecule has 3 nitrogen and oxygen atoms in total. The van der Waals surface area contributed by atoms with Gasteiger partial charge in [-0.05, 0) is 25.0 Å². The molecule has 0 radical (unpaired) electrons. The van der Waals surface area contributed by atoms with E-state index < -0.39 is 12.0 Å². The van der Waals surface area contributed by atoms with Gasteiger partial charge in [0.15, 0.2) is 0 Å². The molecule has 0 saturated heterocycles. The van der Waals surface area contributed by atoms with Crippen LogP contribution in [0.1, 0.15) is 29.9 Å². The predicted molar refractivity (Wildman–Crippen MR) is 68.1 cm³/mol. The summed E-state index contributed by atoms with van der Waals surface area (Å²) in [7, 11) is 0. The summed E-state index contributed by atoms with van der Waals surface area (Å²) in [5.74, 6) is -1.10. The lowest BCUT2D eigenvalue weighted by Gasteiger charge is -2.15. The van der Waals surface area contributed by atoms with E-state index in [1.165, 1.54) is 0 Å². The molecule has 2 rings (SSSR count). The van der Waals surface area contributed by atoms with E-state index in [-0.39, 0.29) is 11.2 Å². The molecule has 0 spiro atoms. The van der Waals surface area contributed by atoms with Crippen molar-refractivity contribution in [3.8, 4) is 0 Å². The van der Waals surface area contributed by atoms with Gasteiger partial charge >= 0.3 is 6.18 Å². The lowest BCUT2D eigenvalue weighted by atomic mass is 10.0. The van der Waals surface area contributed by atoms with Crippen LogP contribution in [0, 0.1) is 6.92 Å². The number of aromatic nitrogens is 2. The fourth-order valence-corrected chi connectivity index (χ4v) is 2.41. The first-order valence-electron chi connectivity index (χ1n) is 5.61. The first kappa shape index (κ1) is 13.8. The van der Waals surface area contributed by atoms with Gasteiger partial charge in [0.2, 0.25) is 11.0 Å². The first-order chi connectivity index (χ1) is 8.88. The van der Waals surface area contributed by atoms with Crippen LogP contribution in [0.5, 0.6) is 0 Å². The molecule has 1 heterocycles. The lowest BCUT2D eigenvalue weighted by Crippen LogP contribution is -2.10. The number of hydrogen-bond donors (Lipinski definition) is 1. The Labute approximate surface area is 112 Å². The van der Waals surface area contributed by atoms with E-state index >= 15 is 0 Å². The summed E-state index contributed by atoms with van der Waals surface area (Å²) in [6.07, 6.45) is -4.50. The molecule has 1 aromatic carbocycles. The summed E-state index contributed by atoms with van der Waals surface area (Å²) in [5.41, 5.74) is 2.09. The third kappa shape index (κ3) is 3.23. The zero-order valence-corrected chi connectivity index (χ0v) is 11.1. The SMILES string of the molecule is Cc1ccccc1C(C)Nc1nc(C(F)(F)F)ns1. The molecule has 0 aliphatic carbocycles. The number of alkyl halides is 3. The van der Waals surface area contributed by atoms with E-state index in [2.05, 4.69) is 14.7 Å². The average molecular weight is 287 g/mol. The van der Waals surface area contributed by atoms with Gasteiger partial charge in [0.1, 0.15) is 0 Å². The monoisotopic (exact) mass is 287 g/mol. The molecule has 1 unspecified atom stereocenters. The average Bonchev–Trinajstić information content (AvgIpc) is 2.77. The van der Waals surface area contributed by atoms with E-state index in [4.69, 9.17) is 0 Å². The van der Waals surface area contributed by atoms with Gasteiger partial charge in [-0.1, -0.05) is 24.3 Å². The molecule has 102 valence electrons. The number of halogens is 3. The number of hydrogen-bond acceptors (Lipinski definition) is 4. The van der Waals surface area contributed by atoms with Crippen LogP contribution in [0.15, 0.2) is 24.3 Å². The molecule has 1 N–H and O–H groups in total. The van der Waals surface area contributed by atoms with Crippen LogP contribution in [0.25, 0.3) is 0 Å². The van der Waals surface area contributed by atoms with Crippen molar-refractivity contribution in [2.24, 2.45) is 0 Å². The van der Waals surface area contributed by atoms with Crippen LogP contribution < -0.4 is 5.32 Å². The molecule has 0 aliphatic rings. The van der Waals surface area contributed by atoms with E-state index in [1.807, 2.05) is 38.1 Å². The summed E-state index contributed by atoms with van der Waals surface area (Å²) in [6, 6.07) is 7.56. The molecule has 0 amide bonds. The van der Waals surface area contributed by atoms with Crippen LogP contribution in [-0.4, -0.2) is 9.36 Å². The second kappa shape index (κ2) is 5.16. The van der Waals surface area contributed by atoms with Crippen molar-refractivity contribution >= 4 is 16.7 Å². The van der Waals surface area contributed by atoms with Crippen LogP contribution >= 0.6 is 11.5 Å². The highest BCUT2D eigenvalue weighted by atomic mass is 32.1. The second-order valence-electron chi connectivity index (χ2n) is 4.14. The highest BCUT2D eigenvalue weighted by Crippen LogP contribution is 2.30. The number of nitrogens with one attached hydrogen (secondary N) is 1. The zero-order valence-electron chi connectivity index (χ0n) is 10.3. The maximum Gasteiger partial charge on any atom is 0.452 e. The Morgan fingerprint density at radius 1 is 1.26 bits per heavy atom. The van der Waals surface area contributed by atoms with Gasteiger partial charge < -0.3 is 5.32 Å². The summed E-state index contributed by atoms with van der Waals surface area (Å²) < 4.78 is 40.4. The topological polar surface area (TPSA) is 37.8 Å². The van der Waals surface area contributed by atoms with Crippen LogP contribution in [0.4, 0.5) is 18.3 Å². The van der Waals surface area contributed by atoms with Gasteiger partial charge in [-0.15, -0.1) is 0 Å². The molecule has 0 aliphatic heterocycles. The molecule has 0 fully saturated rings. The summed E-state index contributed by atoms with van der Waals surface area (Å²) in [4.78, 5) is 3.45. The fourth-order valence-electron chi connectivity index (χ4n) is 1.73. The van der Waals surface area contributed by atoms with Crippen LogP contribution in [0.2, 0.25) is 0 Å². The number of rotatable bonds is 3. The largest absolute Gasteiger partial charge is 0.452 e. The summed E-state index contributed by atoms with van der Waals surface area (Å²) in [6.45, 7) is 3.83. The number of nitrogens with zero attached hydrogens (tertiary/aromatic N) is 2. The first-order valence-corrected chi connectivity index (χ1v) is 6.38. The Kier molecular flexibility index (Phi) is 3.75. The minimum Gasteiger partial charge on any atom is -0.354 e. The quantitative estimate of drug-likeness (QED) is 0.925. The number of anilines is 1. The molecule has 0 bridgehead atoms. The van der Waals surface area contributed by atoms with Crippen molar-refractivity contribution < 1.29 is 13.2 Å². The van der Waals surface area contributed by atoms with Crippen molar-refractivity contribution in [3.05, 3.63) is 41.2 Å². The van der Waals surface area contributed by atoms with E-state index in [0.29, 0.717) is 11.5 Å². The van der Waals surface area contributed by atoms with Gasteiger partial charge in [0, 0.05) is 11.5 Å². The Balaban J connectivity index is 2.14. The van der Waals surface area contributed by atoms with Crippen molar-refractivity contribution in [2.45, 2.75) is 26.1 Å². The Bertz CT molecular complexity index is 565. The third-order valence-corrected chi connectivity index (χ3v) is 3.32. The van der Waals surface area contributed by atoms with Crippen molar-refractivity contribution in [1.29, 1.82) is 0 Å². The maximum atomic E-state index is 12.4. The highest BCUT2D eigenvalue weighted by Gasteiger charge is 2.36.